The Kier molecular flexibility index (Phi) is 8.33. The minimum absolute atomic E-state index is 0.202. The lowest BCUT2D eigenvalue weighted by molar-refractivity contribution is -0.0336. The summed E-state index contributed by atoms with van der Waals surface area (Å²) in [7, 11) is 0. The van der Waals surface area contributed by atoms with Crippen molar-refractivity contribution in [1.82, 2.24) is 4.90 Å². The highest BCUT2D eigenvalue weighted by atomic mass is 35.5. The van der Waals surface area contributed by atoms with Gasteiger partial charge < -0.3 is 9.47 Å². The highest BCUT2D eigenvalue weighted by molar-refractivity contribution is 6.30. The Labute approximate surface area is 171 Å². The van der Waals surface area contributed by atoms with Crippen LogP contribution in [0.15, 0.2) is 54.6 Å². The molecule has 1 amide bonds. The molecule has 0 saturated heterocycles. The molecule has 150 valence electrons. The lowest BCUT2D eigenvalue weighted by Crippen LogP contribution is -2.39. The number of hydrogen-bond donors (Lipinski definition) is 0. The number of carbonyl (C=O) groups is 2. The number of nitrogens with zero attached hydrogens (tertiary/aromatic N) is 1. The van der Waals surface area contributed by atoms with Crippen LogP contribution in [0.1, 0.15) is 49.3 Å². The maximum atomic E-state index is 12.7. The molecule has 0 aliphatic carbocycles. The highest BCUT2D eigenvalue weighted by Gasteiger charge is 2.30. The third kappa shape index (κ3) is 6.27. The largest absolute Gasteiger partial charge is 0.449 e. The molecule has 2 rings (SSSR count). The molecule has 0 aliphatic rings. The molecule has 0 aromatic heterocycles. The molecule has 2 aromatic carbocycles. The van der Waals surface area contributed by atoms with E-state index in [-0.39, 0.29) is 5.92 Å². The van der Waals surface area contributed by atoms with E-state index in [4.69, 9.17) is 21.1 Å². The summed E-state index contributed by atoms with van der Waals surface area (Å²) in [6.45, 7) is 6.54. The highest BCUT2D eigenvalue weighted by Crippen LogP contribution is 2.26. The number of amides is 1. The molecule has 1 unspecified atom stereocenters. The minimum atomic E-state index is -0.912. The number of carbonyl (C=O) groups excluding carboxylic acids is 2. The fourth-order valence-electron chi connectivity index (χ4n) is 2.55. The van der Waals surface area contributed by atoms with Gasteiger partial charge in [-0.05, 0) is 36.6 Å². The second kappa shape index (κ2) is 10.7. The van der Waals surface area contributed by atoms with Crippen molar-refractivity contribution in [1.29, 1.82) is 0 Å². The average molecular weight is 404 g/mol. The van der Waals surface area contributed by atoms with Crippen molar-refractivity contribution in [2.24, 2.45) is 5.92 Å². The average Bonchev–Trinajstić information content (AvgIpc) is 2.70. The van der Waals surface area contributed by atoms with Crippen LogP contribution in [0.3, 0.4) is 0 Å². The van der Waals surface area contributed by atoms with Crippen LogP contribution in [-0.2, 0) is 9.47 Å². The smallest absolute Gasteiger partial charge is 0.412 e. The Balaban J connectivity index is 2.32. The standard InChI is InChI=1S/C22H26ClNO4/c1-4-14-24(22(26)27-15-16(2)3)20(17-10-12-19(23)13-11-17)28-21(25)18-8-6-5-7-9-18/h5-13,16,20H,4,14-15H2,1-3H3. The fourth-order valence-corrected chi connectivity index (χ4v) is 2.67. The SMILES string of the molecule is CCCN(C(=O)OCC(C)C)C(OC(=O)c1ccccc1)c1ccc(Cl)cc1. The Morgan fingerprint density at radius 1 is 1.04 bits per heavy atom. The molecule has 6 heteroatoms. The van der Waals surface area contributed by atoms with Crippen LogP contribution >= 0.6 is 11.6 Å². The molecule has 28 heavy (non-hydrogen) atoms. The van der Waals surface area contributed by atoms with Crippen LogP contribution < -0.4 is 0 Å². The Morgan fingerprint density at radius 2 is 1.68 bits per heavy atom. The number of benzene rings is 2. The molecule has 0 spiro atoms. The third-order valence-corrected chi connectivity index (χ3v) is 4.16. The van der Waals surface area contributed by atoms with E-state index >= 15 is 0 Å². The maximum absolute atomic E-state index is 12.7. The summed E-state index contributed by atoms with van der Waals surface area (Å²) in [6.07, 6.45) is -0.745. The molecule has 0 N–H and O–H groups in total. The summed E-state index contributed by atoms with van der Waals surface area (Å²) in [6, 6.07) is 15.6. The summed E-state index contributed by atoms with van der Waals surface area (Å²) < 4.78 is 11.1. The molecular formula is C22H26ClNO4. The second-order valence-electron chi connectivity index (χ2n) is 6.84. The van der Waals surface area contributed by atoms with Crippen molar-refractivity contribution >= 4 is 23.7 Å². The lowest BCUT2D eigenvalue weighted by atomic mass is 10.1. The molecule has 0 radical (unpaired) electrons. The van der Waals surface area contributed by atoms with E-state index in [0.29, 0.717) is 35.7 Å². The Bertz CT molecular complexity index is 762. The topological polar surface area (TPSA) is 55.8 Å². The van der Waals surface area contributed by atoms with E-state index in [0.717, 1.165) is 0 Å². The van der Waals surface area contributed by atoms with E-state index < -0.39 is 18.3 Å². The third-order valence-electron chi connectivity index (χ3n) is 3.91. The molecular weight excluding hydrogens is 378 g/mol. The first kappa shape index (κ1) is 21.8. The van der Waals surface area contributed by atoms with E-state index in [1.54, 1.807) is 48.5 Å². The van der Waals surface area contributed by atoms with Crippen LogP contribution in [0.5, 0.6) is 0 Å². The summed E-state index contributed by atoms with van der Waals surface area (Å²) >= 11 is 5.99. The van der Waals surface area contributed by atoms with Gasteiger partial charge >= 0.3 is 12.1 Å². The zero-order valence-electron chi connectivity index (χ0n) is 16.4. The van der Waals surface area contributed by atoms with Gasteiger partial charge in [0.2, 0.25) is 6.23 Å². The normalized spacial score (nSPS) is 11.8. The van der Waals surface area contributed by atoms with E-state index in [2.05, 4.69) is 0 Å². The Morgan fingerprint density at radius 3 is 2.25 bits per heavy atom. The molecule has 0 bridgehead atoms. The first-order valence-corrected chi connectivity index (χ1v) is 9.75. The van der Waals surface area contributed by atoms with Gasteiger partial charge in [-0.25, -0.2) is 9.59 Å². The van der Waals surface area contributed by atoms with Gasteiger partial charge in [0, 0.05) is 17.1 Å². The van der Waals surface area contributed by atoms with Crippen molar-refractivity contribution in [3.05, 3.63) is 70.7 Å². The summed E-state index contributed by atoms with van der Waals surface area (Å²) in [5.74, 6) is -0.313. The van der Waals surface area contributed by atoms with Gasteiger partial charge in [0.1, 0.15) is 0 Å². The molecule has 2 aromatic rings. The molecule has 0 saturated carbocycles. The summed E-state index contributed by atoms with van der Waals surface area (Å²) in [5.41, 5.74) is 1.05. The van der Waals surface area contributed by atoms with Crippen LogP contribution in [0.4, 0.5) is 4.79 Å². The van der Waals surface area contributed by atoms with E-state index in [1.807, 2.05) is 26.8 Å². The maximum Gasteiger partial charge on any atom is 0.412 e. The molecule has 0 heterocycles. The van der Waals surface area contributed by atoms with Crippen LogP contribution in [0.25, 0.3) is 0 Å². The lowest BCUT2D eigenvalue weighted by Gasteiger charge is -2.31. The van der Waals surface area contributed by atoms with Gasteiger partial charge in [-0.1, -0.05) is 62.7 Å². The van der Waals surface area contributed by atoms with Gasteiger partial charge in [0.15, 0.2) is 0 Å². The van der Waals surface area contributed by atoms with Gasteiger partial charge in [0.25, 0.3) is 0 Å². The number of hydrogen-bond acceptors (Lipinski definition) is 4. The van der Waals surface area contributed by atoms with Crippen LogP contribution in [0.2, 0.25) is 5.02 Å². The molecule has 0 aliphatic heterocycles. The number of halogens is 1. The van der Waals surface area contributed by atoms with Crippen molar-refractivity contribution in [3.8, 4) is 0 Å². The van der Waals surface area contributed by atoms with Gasteiger partial charge in [-0.15, -0.1) is 0 Å². The number of esters is 1. The molecule has 5 nitrogen and oxygen atoms in total. The van der Waals surface area contributed by atoms with Crippen LogP contribution in [0, 0.1) is 5.92 Å². The van der Waals surface area contributed by atoms with E-state index in [9.17, 15) is 9.59 Å². The number of ether oxygens (including phenoxy) is 2. The van der Waals surface area contributed by atoms with Gasteiger partial charge in [-0.3, -0.25) is 4.90 Å². The Hall–Kier alpha value is -2.53. The fraction of sp³-hybridized carbons (Fsp3) is 0.364. The summed E-state index contributed by atoms with van der Waals surface area (Å²) in [4.78, 5) is 26.8. The number of rotatable bonds is 8. The predicted molar refractivity (Wildman–Crippen MR) is 109 cm³/mol. The second-order valence-corrected chi connectivity index (χ2v) is 7.28. The zero-order valence-corrected chi connectivity index (χ0v) is 17.2. The zero-order chi connectivity index (χ0) is 20.5. The van der Waals surface area contributed by atoms with Gasteiger partial charge in [0.05, 0.1) is 12.2 Å². The van der Waals surface area contributed by atoms with Gasteiger partial charge in [-0.2, -0.15) is 0 Å². The van der Waals surface area contributed by atoms with Crippen molar-refractivity contribution < 1.29 is 19.1 Å². The quantitative estimate of drug-likeness (QED) is 0.419. The van der Waals surface area contributed by atoms with Crippen molar-refractivity contribution in [3.63, 3.8) is 0 Å². The van der Waals surface area contributed by atoms with E-state index in [1.165, 1.54) is 4.90 Å². The van der Waals surface area contributed by atoms with Crippen molar-refractivity contribution in [2.75, 3.05) is 13.2 Å². The predicted octanol–water partition coefficient (Wildman–Crippen LogP) is 5.70. The van der Waals surface area contributed by atoms with Crippen LogP contribution in [-0.4, -0.2) is 30.1 Å². The first-order valence-electron chi connectivity index (χ1n) is 9.37. The minimum Gasteiger partial charge on any atom is -0.449 e. The van der Waals surface area contributed by atoms with Crippen molar-refractivity contribution in [2.45, 2.75) is 33.4 Å². The molecule has 0 fully saturated rings. The first-order chi connectivity index (χ1) is 13.4. The monoisotopic (exact) mass is 403 g/mol. The summed E-state index contributed by atoms with van der Waals surface area (Å²) in [5, 5.41) is 0.557. The molecule has 1 atom stereocenters.